The molecule has 8 heteroatoms. The summed E-state index contributed by atoms with van der Waals surface area (Å²) >= 11 is 6.19. The standard InChI is InChI=1S/C26H19ClN2O5/c27-22-13-11-17(24(30)31)15-21(22)23-14-12-20(34-23)16-28-29-25(32)26(33,18-7-3-1-4-8-18)19-9-5-2-6-10-19/h1-16,33H,(H,29,32)(H,30,31)/b28-16+. The van der Waals surface area contributed by atoms with E-state index in [0.717, 1.165) is 0 Å². The van der Waals surface area contributed by atoms with Crippen LogP contribution in [0.5, 0.6) is 0 Å². The van der Waals surface area contributed by atoms with Gasteiger partial charge >= 0.3 is 5.97 Å². The first-order valence-electron chi connectivity index (χ1n) is 10.2. The smallest absolute Gasteiger partial charge is 0.335 e. The fourth-order valence-electron chi connectivity index (χ4n) is 3.44. The van der Waals surface area contributed by atoms with Gasteiger partial charge in [0, 0.05) is 5.56 Å². The topological polar surface area (TPSA) is 112 Å². The van der Waals surface area contributed by atoms with Crippen molar-refractivity contribution in [1.29, 1.82) is 0 Å². The molecule has 1 heterocycles. The predicted octanol–water partition coefficient (Wildman–Crippen LogP) is 4.68. The predicted molar refractivity (Wildman–Crippen MR) is 128 cm³/mol. The number of hydrazone groups is 1. The van der Waals surface area contributed by atoms with Crippen LogP contribution in [0.4, 0.5) is 0 Å². The highest BCUT2D eigenvalue weighted by Crippen LogP contribution is 2.31. The van der Waals surface area contributed by atoms with Gasteiger partial charge in [-0.05, 0) is 41.5 Å². The summed E-state index contributed by atoms with van der Waals surface area (Å²) in [6.07, 6.45) is 1.27. The lowest BCUT2D eigenvalue weighted by molar-refractivity contribution is -0.136. The van der Waals surface area contributed by atoms with Crippen LogP contribution in [-0.2, 0) is 10.4 Å². The molecule has 0 atom stereocenters. The van der Waals surface area contributed by atoms with Gasteiger partial charge in [0.2, 0.25) is 0 Å². The Balaban J connectivity index is 1.56. The van der Waals surface area contributed by atoms with E-state index in [0.29, 0.717) is 27.5 Å². The zero-order valence-electron chi connectivity index (χ0n) is 17.7. The maximum atomic E-state index is 13.1. The van der Waals surface area contributed by atoms with E-state index in [2.05, 4.69) is 10.5 Å². The highest BCUT2D eigenvalue weighted by Gasteiger charge is 2.39. The Morgan fingerprint density at radius 2 is 1.53 bits per heavy atom. The first kappa shape index (κ1) is 23.0. The van der Waals surface area contributed by atoms with Crippen LogP contribution in [0.25, 0.3) is 11.3 Å². The van der Waals surface area contributed by atoms with Gasteiger partial charge in [-0.3, -0.25) is 4.79 Å². The SMILES string of the molecule is O=C(O)c1ccc(Cl)c(-c2ccc(/C=N/NC(=O)C(O)(c3ccccc3)c3ccccc3)o2)c1. The fourth-order valence-corrected chi connectivity index (χ4v) is 3.65. The first-order chi connectivity index (χ1) is 16.4. The van der Waals surface area contributed by atoms with E-state index in [1.54, 1.807) is 72.8 Å². The molecule has 0 saturated heterocycles. The number of carboxylic acids is 1. The molecule has 7 nitrogen and oxygen atoms in total. The number of carbonyl (C=O) groups excluding carboxylic acids is 1. The average Bonchev–Trinajstić information content (AvgIpc) is 3.33. The summed E-state index contributed by atoms with van der Waals surface area (Å²) in [6.45, 7) is 0. The highest BCUT2D eigenvalue weighted by molar-refractivity contribution is 6.33. The zero-order valence-corrected chi connectivity index (χ0v) is 18.4. The molecule has 3 N–H and O–H groups in total. The Morgan fingerprint density at radius 1 is 0.912 bits per heavy atom. The molecule has 1 aromatic heterocycles. The van der Waals surface area contributed by atoms with Gasteiger partial charge in [-0.1, -0.05) is 72.3 Å². The molecule has 0 aliphatic carbocycles. The first-order valence-corrected chi connectivity index (χ1v) is 10.6. The van der Waals surface area contributed by atoms with Crippen LogP contribution in [0.3, 0.4) is 0 Å². The van der Waals surface area contributed by atoms with E-state index in [1.165, 1.54) is 24.4 Å². The number of nitrogens with one attached hydrogen (secondary N) is 1. The van der Waals surface area contributed by atoms with Crippen molar-refractivity contribution in [3.63, 3.8) is 0 Å². The lowest BCUT2D eigenvalue weighted by Crippen LogP contribution is -2.43. The fraction of sp³-hybridized carbons (Fsp3) is 0.0385. The summed E-state index contributed by atoms with van der Waals surface area (Å²) in [5, 5.41) is 24.9. The minimum Gasteiger partial charge on any atom is -0.478 e. The number of aliphatic hydroxyl groups is 1. The van der Waals surface area contributed by atoms with Crippen molar-refractivity contribution in [1.82, 2.24) is 5.43 Å². The summed E-state index contributed by atoms with van der Waals surface area (Å²) in [4.78, 5) is 24.3. The number of amides is 1. The van der Waals surface area contributed by atoms with Gasteiger partial charge in [0.25, 0.3) is 5.91 Å². The number of hydrogen-bond acceptors (Lipinski definition) is 5. The van der Waals surface area contributed by atoms with E-state index in [1.807, 2.05) is 0 Å². The van der Waals surface area contributed by atoms with Gasteiger partial charge in [-0.15, -0.1) is 0 Å². The van der Waals surface area contributed by atoms with Crippen LogP contribution in [0.15, 0.2) is 101 Å². The van der Waals surface area contributed by atoms with Gasteiger partial charge in [0.1, 0.15) is 11.5 Å². The largest absolute Gasteiger partial charge is 0.478 e. The van der Waals surface area contributed by atoms with Crippen molar-refractivity contribution in [3.05, 3.63) is 118 Å². The maximum Gasteiger partial charge on any atom is 0.335 e. The second kappa shape index (κ2) is 9.74. The maximum absolute atomic E-state index is 13.1. The van der Waals surface area contributed by atoms with Crippen LogP contribution >= 0.6 is 11.6 Å². The molecule has 1 amide bonds. The van der Waals surface area contributed by atoms with E-state index in [9.17, 15) is 19.8 Å². The molecule has 0 fully saturated rings. The van der Waals surface area contributed by atoms with Gasteiger partial charge in [-0.25, -0.2) is 10.2 Å². The Kier molecular flexibility index (Phi) is 6.58. The van der Waals surface area contributed by atoms with Crippen molar-refractivity contribution in [2.75, 3.05) is 0 Å². The third-order valence-electron chi connectivity index (χ3n) is 5.18. The lowest BCUT2D eigenvalue weighted by atomic mass is 9.85. The van der Waals surface area contributed by atoms with Crippen molar-refractivity contribution in [2.24, 2.45) is 5.10 Å². The number of benzene rings is 3. The van der Waals surface area contributed by atoms with E-state index >= 15 is 0 Å². The summed E-state index contributed by atoms with van der Waals surface area (Å²) in [5.74, 6) is -1.20. The number of carbonyl (C=O) groups is 2. The number of aromatic carboxylic acids is 1. The Hall–Kier alpha value is -4.20. The molecular formula is C26H19ClN2O5. The minimum absolute atomic E-state index is 0.0689. The zero-order chi connectivity index (χ0) is 24.1. The van der Waals surface area contributed by atoms with Crippen LogP contribution in [0.2, 0.25) is 5.02 Å². The Labute approximate surface area is 199 Å². The molecule has 0 saturated carbocycles. The molecule has 0 radical (unpaired) electrons. The summed E-state index contributed by atoms with van der Waals surface area (Å²) in [6, 6.07) is 24.6. The van der Waals surface area contributed by atoms with Crippen molar-refractivity contribution < 1.29 is 24.2 Å². The molecule has 0 unspecified atom stereocenters. The molecule has 170 valence electrons. The molecule has 0 bridgehead atoms. The number of rotatable bonds is 7. The minimum atomic E-state index is -1.96. The molecule has 0 spiro atoms. The number of halogens is 1. The number of carboxylic acid groups (broad SMARTS) is 1. The normalized spacial score (nSPS) is 11.5. The molecular weight excluding hydrogens is 456 g/mol. The molecule has 0 aliphatic rings. The quantitative estimate of drug-likeness (QED) is 0.266. The monoisotopic (exact) mass is 474 g/mol. The highest BCUT2D eigenvalue weighted by atomic mass is 35.5. The Morgan fingerprint density at radius 3 is 2.12 bits per heavy atom. The van der Waals surface area contributed by atoms with Gasteiger partial charge in [-0.2, -0.15) is 5.10 Å². The second-order valence-electron chi connectivity index (χ2n) is 7.34. The van der Waals surface area contributed by atoms with E-state index < -0.39 is 17.5 Å². The van der Waals surface area contributed by atoms with Gasteiger partial charge in [0.05, 0.1) is 16.8 Å². The average molecular weight is 475 g/mol. The van der Waals surface area contributed by atoms with Crippen LogP contribution in [0, 0.1) is 0 Å². The molecule has 4 rings (SSSR count). The lowest BCUT2D eigenvalue weighted by Gasteiger charge is -2.26. The third kappa shape index (κ3) is 4.61. The van der Waals surface area contributed by atoms with Gasteiger partial charge < -0.3 is 14.6 Å². The van der Waals surface area contributed by atoms with Gasteiger partial charge in [0.15, 0.2) is 5.60 Å². The summed E-state index contributed by atoms with van der Waals surface area (Å²) < 4.78 is 5.68. The van der Waals surface area contributed by atoms with E-state index in [-0.39, 0.29) is 11.3 Å². The number of furan rings is 1. The van der Waals surface area contributed by atoms with Crippen molar-refractivity contribution in [2.45, 2.75) is 5.60 Å². The van der Waals surface area contributed by atoms with Crippen LogP contribution < -0.4 is 5.43 Å². The Bertz CT molecular complexity index is 1310. The van der Waals surface area contributed by atoms with E-state index in [4.69, 9.17) is 16.0 Å². The van der Waals surface area contributed by atoms with Crippen molar-refractivity contribution >= 4 is 29.7 Å². The third-order valence-corrected chi connectivity index (χ3v) is 5.50. The molecule has 3 aromatic carbocycles. The van der Waals surface area contributed by atoms with Crippen LogP contribution in [0.1, 0.15) is 27.2 Å². The van der Waals surface area contributed by atoms with Crippen molar-refractivity contribution in [3.8, 4) is 11.3 Å². The summed E-state index contributed by atoms with van der Waals surface area (Å²) in [7, 11) is 0. The second-order valence-corrected chi connectivity index (χ2v) is 7.75. The summed E-state index contributed by atoms with van der Waals surface area (Å²) in [5.41, 5.74) is 1.67. The molecule has 34 heavy (non-hydrogen) atoms. The number of hydrogen-bond donors (Lipinski definition) is 3. The van der Waals surface area contributed by atoms with Crippen LogP contribution in [-0.4, -0.2) is 28.3 Å². The number of nitrogens with zero attached hydrogens (tertiary/aromatic N) is 1. The molecule has 4 aromatic rings. The molecule has 0 aliphatic heterocycles.